The van der Waals surface area contributed by atoms with Gasteiger partial charge in [-0.25, -0.2) is 0 Å². The molecule has 2 aromatic rings. The Kier molecular flexibility index (Phi) is 11.3. The van der Waals surface area contributed by atoms with Crippen molar-refractivity contribution in [2.45, 2.75) is 82.9 Å². The van der Waals surface area contributed by atoms with Crippen LogP contribution < -0.4 is 0 Å². The fraction of sp³-hybridized carbons (Fsp3) is 0.483. The van der Waals surface area contributed by atoms with Gasteiger partial charge in [-0.3, -0.25) is 0 Å². The first-order valence-corrected chi connectivity index (χ1v) is 12.2. The van der Waals surface area contributed by atoms with Crippen molar-refractivity contribution in [3.05, 3.63) is 88.2 Å². The molecule has 0 aromatic heterocycles. The fourth-order valence-electron chi connectivity index (χ4n) is 4.21. The summed E-state index contributed by atoms with van der Waals surface area (Å²) < 4.78 is 0. The van der Waals surface area contributed by atoms with E-state index in [4.69, 9.17) is 5.11 Å². The highest BCUT2D eigenvalue weighted by atomic mass is 16.4. The van der Waals surface area contributed by atoms with Gasteiger partial charge in [-0.2, -0.15) is 0 Å². The van der Waals surface area contributed by atoms with E-state index in [9.17, 15) is 25.5 Å². The summed E-state index contributed by atoms with van der Waals surface area (Å²) in [6, 6.07) is 15.9. The normalized spacial score (nSPS) is 15.9. The van der Waals surface area contributed by atoms with Gasteiger partial charge in [0.15, 0.2) is 0 Å². The number of rotatable bonds is 12. The van der Waals surface area contributed by atoms with Gasteiger partial charge < -0.3 is 30.6 Å². The van der Waals surface area contributed by atoms with Crippen LogP contribution in [0.25, 0.3) is 0 Å². The van der Waals surface area contributed by atoms with Crippen LogP contribution in [0.5, 0.6) is 0 Å². The van der Waals surface area contributed by atoms with E-state index in [-0.39, 0.29) is 12.3 Å². The second-order valence-corrected chi connectivity index (χ2v) is 9.63. The van der Waals surface area contributed by atoms with Crippen LogP contribution in [0.1, 0.15) is 61.8 Å². The highest BCUT2D eigenvalue weighted by molar-refractivity contribution is 5.35. The molecule has 6 N–H and O–H groups in total. The maximum atomic E-state index is 11.0. The molecule has 6 nitrogen and oxygen atoms in total. The molecule has 0 saturated carbocycles. The fourth-order valence-corrected chi connectivity index (χ4v) is 4.21. The quantitative estimate of drug-likeness (QED) is 0.258. The predicted molar refractivity (Wildman–Crippen MR) is 137 cm³/mol. The molecule has 2 rings (SSSR count). The van der Waals surface area contributed by atoms with E-state index in [1.165, 1.54) is 5.56 Å². The van der Waals surface area contributed by atoms with Crippen molar-refractivity contribution in [2.24, 2.45) is 0 Å². The molecule has 5 atom stereocenters. The highest BCUT2D eigenvalue weighted by Crippen LogP contribution is 2.25. The average Bonchev–Trinajstić information content (AvgIpc) is 2.86. The third-order valence-corrected chi connectivity index (χ3v) is 6.31. The molecule has 0 fully saturated rings. The van der Waals surface area contributed by atoms with Crippen LogP contribution in [0.15, 0.2) is 65.9 Å². The Labute approximate surface area is 208 Å². The molecule has 0 aliphatic heterocycles. The molecule has 35 heavy (non-hydrogen) atoms. The van der Waals surface area contributed by atoms with Crippen molar-refractivity contribution in [3.63, 3.8) is 0 Å². The lowest BCUT2D eigenvalue weighted by atomic mass is 9.88. The smallest absolute Gasteiger partial charge is 0.113 e. The zero-order valence-corrected chi connectivity index (χ0v) is 21.0. The Morgan fingerprint density at radius 1 is 0.743 bits per heavy atom. The molecule has 0 spiro atoms. The number of aliphatic hydroxyl groups excluding tert-OH is 6. The number of benzene rings is 2. The maximum absolute atomic E-state index is 11.0. The Hall–Kier alpha value is -2.28. The predicted octanol–water partition coefficient (Wildman–Crippen LogP) is 2.60. The van der Waals surface area contributed by atoms with Crippen LogP contribution in [0.2, 0.25) is 0 Å². The first kappa shape index (κ1) is 29.0. The first-order chi connectivity index (χ1) is 16.6. The zero-order chi connectivity index (χ0) is 26.1. The third kappa shape index (κ3) is 7.86. The monoisotopic (exact) mass is 484 g/mol. The molecule has 0 aliphatic rings. The van der Waals surface area contributed by atoms with Crippen LogP contribution >= 0.6 is 0 Å². The molecule has 0 aliphatic carbocycles. The van der Waals surface area contributed by atoms with Gasteiger partial charge in [0.2, 0.25) is 0 Å². The second kappa shape index (κ2) is 13.7. The van der Waals surface area contributed by atoms with E-state index in [1.54, 1.807) is 6.08 Å². The van der Waals surface area contributed by atoms with Crippen LogP contribution in [0.4, 0.5) is 0 Å². The highest BCUT2D eigenvalue weighted by Gasteiger charge is 2.35. The molecular formula is C29H40O6. The summed E-state index contributed by atoms with van der Waals surface area (Å²) in [6.07, 6.45) is -6.04. The lowest BCUT2D eigenvalue weighted by Gasteiger charge is -2.29. The molecule has 192 valence electrons. The average molecular weight is 485 g/mol. The van der Waals surface area contributed by atoms with Crippen molar-refractivity contribution in [2.75, 3.05) is 6.61 Å². The lowest BCUT2D eigenvalue weighted by Crippen LogP contribution is -2.50. The molecule has 0 radical (unpaired) electrons. The minimum atomic E-state index is -1.87. The van der Waals surface area contributed by atoms with Crippen LogP contribution in [-0.2, 0) is 12.8 Å². The van der Waals surface area contributed by atoms with Gasteiger partial charge >= 0.3 is 0 Å². The minimum absolute atomic E-state index is 0.239. The van der Waals surface area contributed by atoms with Gasteiger partial charge in [0.1, 0.15) is 30.5 Å². The second-order valence-electron chi connectivity index (χ2n) is 9.63. The van der Waals surface area contributed by atoms with Crippen LogP contribution in [0.3, 0.4) is 0 Å². The van der Waals surface area contributed by atoms with Gasteiger partial charge in [-0.05, 0) is 46.6 Å². The van der Waals surface area contributed by atoms with Crippen LogP contribution in [-0.4, -0.2) is 67.8 Å². The number of aliphatic hydroxyl groups is 6. The Bertz CT molecular complexity index is 992. The summed E-state index contributed by atoms with van der Waals surface area (Å²) in [4.78, 5) is 0. The summed E-state index contributed by atoms with van der Waals surface area (Å²) in [5.74, 6) is 0.589. The van der Waals surface area contributed by atoms with E-state index >= 15 is 0 Å². The summed E-state index contributed by atoms with van der Waals surface area (Å²) >= 11 is 0. The van der Waals surface area contributed by atoms with Gasteiger partial charge in [0, 0.05) is 12.0 Å². The topological polar surface area (TPSA) is 121 Å². The van der Waals surface area contributed by atoms with Crippen LogP contribution in [0, 0.1) is 0 Å². The van der Waals surface area contributed by atoms with Gasteiger partial charge in [0.05, 0.1) is 6.61 Å². The molecule has 0 bridgehead atoms. The maximum Gasteiger partial charge on any atom is 0.113 e. The van der Waals surface area contributed by atoms with Crippen molar-refractivity contribution in [1.82, 2.24) is 0 Å². The summed E-state index contributed by atoms with van der Waals surface area (Å²) in [7, 11) is 0. The van der Waals surface area contributed by atoms with Crippen molar-refractivity contribution < 1.29 is 30.6 Å². The molecule has 1 unspecified atom stereocenters. The standard InChI is InChI=1S/C29H40O6/c1-18(2)23-14-7-5-10-20(23)12-9-13-22(16-21-11-6-8-15-24(21)19(3)4)26(32)28(34)29(35)27(33)25(31)17-30/h5-11,14-15,18-19,25-35H,12,16-17H2,1-4H3/t13?,25-,26?,27+,28+,29-/m0/s1. The summed E-state index contributed by atoms with van der Waals surface area (Å²) in [5, 5.41) is 60.7. The third-order valence-electron chi connectivity index (χ3n) is 6.31. The van der Waals surface area contributed by atoms with Crippen molar-refractivity contribution in [3.8, 4) is 0 Å². The number of hydrogen-bond donors (Lipinski definition) is 6. The zero-order valence-electron chi connectivity index (χ0n) is 21.0. The van der Waals surface area contributed by atoms with E-state index in [0.717, 1.165) is 16.7 Å². The SMILES string of the molecule is CC(C)c1ccccc1CC=C=C(Cc1ccccc1C(C)C)C(O)[C@@H](O)[C@@H](O)[C@H](O)[C@@H](O)CO. The molecule has 6 heteroatoms. The summed E-state index contributed by atoms with van der Waals surface area (Å²) in [6.45, 7) is 7.60. The Balaban J connectivity index is 2.43. The largest absolute Gasteiger partial charge is 0.394 e. The van der Waals surface area contributed by atoms with E-state index in [0.29, 0.717) is 17.9 Å². The van der Waals surface area contributed by atoms with E-state index in [1.807, 2.05) is 42.5 Å². The minimum Gasteiger partial charge on any atom is -0.394 e. The first-order valence-electron chi connectivity index (χ1n) is 12.2. The van der Waals surface area contributed by atoms with Gasteiger partial charge in [-0.15, -0.1) is 5.73 Å². The van der Waals surface area contributed by atoms with Crippen molar-refractivity contribution in [1.29, 1.82) is 0 Å². The van der Waals surface area contributed by atoms with Crippen molar-refractivity contribution >= 4 is 0 Å². The molecule has 0 saturated heterocycles. The van der Waals surface area contributed by atoms with E-state index < -0.39 is 37.1 Å². The van der Waals surface area contributed by atoms with Gasteiger partial charge in [-0.1, -0.05) is 76.2 Å². The molecule has 0 amide bonds. The Morgan fingerprint density at radius 3 is 1.80 bits per heavy atom. The van der Waals surface area contributed by atoms with E-state index in [2.05, 4.69) is 39.5 Å². The number of hydrogen-bond acceptors (Lipinski definition) is 6. The lowest BCUT2D eigenvalue weighted by molar-refractivity contribution is -0.134. The molecular weight excluding hydrogens is 444 g/mol. The Morgan fingerprint density at radius 2 is 1.26 bits per heavy atom. The molecule has 2 aromatic carbocycles. The summed E-state index contributed by atoms with van der Waals surface area (Å²) in [5.41, 5.74) is 7.89. The molecule has 0 heterocycles. The van der Waals surface area contributed by atoms with Gasteiger partial charge in [0.25, 0.3) is 0 Å².